The summed E-state index contributed by atoms with van der Waals surface area (Å²) in [5.74, 6) is -29.3. The number of nitrogens with one attached hydrogen (secondary N) is 15. The summed E-state index contributed by atoms with van der Waals surface area (Å²) in [5.41, 5.74) is 6.74. The summed E-state index contributed by atoms with van der Waals surface area (Å²) in [6, 6.07) is 15.3. The lowest BCUT2D eigenvalue weighted by Crippen LogP contribution is -2.62. The van der Waals surface area contributed by atoms with Gasteiger partial charge in [-0.15, -0.1) is 0 Å². The lowest BCUT2D eigenvalue weighted by molar-refractivity contribution is -0.156. The van der Waals surface area contributed by atoms with Gasteiger partial charge in [-0.05, 0) is 73.1 Å². The third-order valence-corrected chi connectivity index (χ3v) is 21.9. The molecule has 1 aliphatic heterocycles. The molecule has 0 bridgehead atoms. The van der Waals surface area contributed by atoms with Crippen molar-refractivity contribution < 1.29 is 126 Å². The number of aliphatic hydroxyl groups is 1. The molecule has 1 aromatic heterocycles. The summed E-state index contributed by atoms with van der Waals surface area (Å²) in [6.45, 7) is 3.03. The summed E-state index contributed by atoms with van der Waals surface area (Å²) < 4.78 is 5.84. The van der Waals surface area contributed by atoms with Gasteiger partial charge in [0.25, 0.3) is 0 Å². The normalized spacial score (nSPS) is 19.9. The fourth-order valence-electron chi connectivity index (χ4n) is 14.8. The number of ether oxygens (including phenoxy) is 1. The maximum absolute atomic E-state index is 15.7. The molecule has 13 atom stereocenters. The van der Waals surface area contributed by atoms with Crippen molar-refractivity contribution in [3.63, 3.8) is 0 Å². The van der Waals surface area contributed by atoms with Crippen molar-refractivity contribution in [2.24, 2.45) is 5.92 Å². The number of aliphatic hydroxyl groups excluding tert-OH is 1. The maximum atomic E-state index is 15.7. The molecule has 2 heterocycles. The standard InChI is InChI=1S/C92H116N16O26/c1-6-8-10-11-12-13-23-39-71(111)99-63(41-54-47-94-61-38-27-25-34-58(54)61)85(127)102-64(43-72(112)108-92(55-28-17-14-18-29-55,56-30-19-15-20-31-56)57-32-21-16-22-33-57)86(128)104-67(46-78(121)122)87(129)107-80-53(5)134-91(133)68(42-70(110)59-35-24-26-36-60(59)93)105-90(132)79(51(3)40-75(115)116)106-88(130)69(50-109)100-74(114)48-95-82(124)65(44-76(117)118)101-81(123)52(4)97-84(126)66(45-77(119)120)103-83(125)62(37-9-7-2)98-73(113)49-96-89(80)131/h14-22,24-36,38,47,51-53,62-69,79-80,94,109H,6-13,23,37,39-46,48-50,93H2,1-5H3,(H,95,124)(H,96,131)(H,97,126)(H,98,113)(H,99,111)(H,100,114)(H,101,123)(H,102,127)(H,103,125)(H,104,128)(H,105,132)(H,106,130)(H,107,129)(H,108,112)(H,115,116)(H,117,118)(H,119,120)(H,121,122). The predicted octanol–water partition coefficient (Wildman–Crippen LogP) is 0.452. The van der Waals surface area contributed by atoms with Crippen LogP contribution in [0.3, 0.4) is 0 Å². The van der Waals surface area contributed by atoms with Gasteiger partial charge >= 0.3 is 29.8 Å². The highest BCUT2D eigenvalue weighted by atomic mass is 16.5. The molecule has 6 aromatic rings. The third-order valence-electron chi connectivity index (χ3n) is 21.9. The molecule has 0 radical (unpaired) electrons. The summed E-state index contributed by atoms with van der Waals surface area (Å²) in [6.07, 6.45) is -1.86. The quantitative estimate of drug-likeness (QED) is 0.00819. The minimum Gasteiger partial charge on any atom is -0.481 e. The van der Waals surface area contributed by atoms with E-state index in [1.807, 2.05) is 10.6 Å². The highest BCUT2D eigenvalue weighted by Gasteiger charge is 2.44. The van der Waals surface area contributed by atoms with Gasteiger partial charge in [-0.25, -0.2) is 4.79 Å². The number of amides is 14. The van der Waals surface area contributed by atoms with Crippen molar-refractivity contribution in [2.75, 3.05) is 25.4 Å². The Hall–Kier alpha value is -15.0. The van der Waals surface area contributed by atoms with Crippen molar-refractivity contribution in [1.82, 2.24) is 79.4 Å². The van der Waals surface area contributed by atoms with Crippen LogP contribution < -0.4 is 80.2 Å². The van der Waals surface area contributed by atoms with E-state index >= 15 is 28.8 Å². The largest absolute Gasteiger partial charge is 0.481 e. The first kappa shape index (κ1) is 106. The van der Waals surface area contributed by atoms with Crippen molar-refractivity contribution in [3.8, 4) is 0 Å². The SMILES string of the molecule is CCCCCCCCCC(=O)NC(Cc1c[nH]c2ccccc12)C(=O)NC(CC(=O)NC(c1ccccc1)(c1ccccc1)c1ccccc1)C(=O)NC(CC(=O)O)C(=O)NC1C(=O)NCC(=O)NC(CCCC)C(=O)NC(CC(=O)O)C(=O)NC(C)C(=O)NC(CC(=O)O)C(=O)NCC(=O)NC(CO)C(=O)NC(C(C)CC(=O)O)C(=O)NC(CC(=O)c2ccccc2N)C(=O)OC1C. The molecular formula is C92H116N16O26. The summed E-state index contributed by atoms with van der Waals surface area (Å²) in [5, 5.41) is 83.9. The number of unbranched alkanes of at least 4 members (excludes halogenated alkanes) is 7. The second-order valence-corrected chi connectivity index (χ2v) is 32.4. The van der Waals surface area contributed by atoms with E-state index in [9.17, 15) is 92.7 Å². The fraction of sp³-hybridized carbons (Fsp3) is 0.435. The van der Waals surface area contributed by atoms with Gasteiger partial charge in [-0.3, -0.25) is 91.1 Å². The first-order chi connectivity index (χ1) is 63.9. The number of ketones is 1. The zero-order chi connectivity index (χ0) is 98.3. The van der Waals surface area contributed by atoms with Crippen LogP contribution in [-0.4, -0.2) is 241 Å². The fourth-order valence-corrected chi connectivity index (χ4v) is 14.8. The smallest absolute Gasteiger partial charge is 0.329 e. The van der Waals surface area contributed by atoms with Crippen LogP contribution in [0, 0.1) is 5.92 Å². The number of aromatic nitrogens is 1. The Bertz CT molecular complexity index is 5080. The first-order valence-electron chi connectivity index (χ1n) is 43.8. The lowest BCUT2D eigenvalue weighted by atomic mass is 9.77. The van der Waals surface area contributed by atoms with E-state index in [0.717, 1.165) is 52.9 Å². The Balaban J connectivity index is 1.34. The molecule has 0 saturated carbocycles. The molecular weight excluding hydrogens is 1750 g/mol. The number of Topliss-reactive ketones (excluding diaryl/α,β-unsaturated/α-hetero) is 1. The van der Waals surface area contributed by atoms with Crippen LogP contribution in [0.2, 0.25) is 0 Å². The number of hydrogen-bond acceptors (Lipinski definition) is 23. The van der Waals surface area contributed by atoms with Crippen LogP contribution in [0.25, 0.3) is 10.9 Å². The number of cyclic esters (lactones) is 1. The molecule has 14 amide bonds. The summed E-state index contributed by atoms with van der Waals surface area (Å²) >= 11 is 0. The van der Waals surface area contributed by atoms with E-state index in [1.54, 1.807) is 128 Å². The number of carbonyl (C=O) groups excluding carboxylic acids is 16. The zero-order valence-electron chi connectivity index (χ0n) is 74.6. The number of fused-ring (bicyclic) bond motifs is 1. The van der Waals surface area contributed by atoms with Gasteiger partial charge in [0.05, 0.1) is 51.8 Å². The number of carboxylic acids is 4. The number of anilines is 1. The molecule has 134 heavy (non-hydrogen) atoms. The number of H-pyrrole nitrogens is 1. The van der Waals surface area contributed by atoms with Crippen molar-refractivity contribution >= 4 is 135 Å². The van der Waals surface area contributed by atoms with Gasteiger partial charge < -0.3 is 115 Å². The van der Waals surface area contributed by atoms with Gasteiger partial charge in [0.2, 0.25) is 82.7 Å². The Labute approximate surface area is 770 Å². The van der Waals surface area contributed by atoms with Crippen LogP contribution in [0.1, 0.15) is 176 Å². The molecule has 0 aliphatic carbocycles. The molecule has 1 fully saturated rings. The molecule has 720 valence electrons. The highest BCUT2D eigenvalue weighted by Crippen LogP contribution is 2.37. The number of nitrogens with two attached hydrogens (primary N) is 1. The van der Waals surface area contributed by atoms with Gasteiger partial charge in [0, 0.05) is 47.6 Å². The summed E-state index contributed by atoms with van der Waals surface area (Å²) in [7, 11) is 0. The number of hydrogen-bond donors (Lipinski definition) is 21. The number of aliphatic carboxylic acids is 4. The first-order valence-corrected chi connectivity index (χ1v) is 43.8. The number of nitrogen functional groups attached to an aromatic ring is 1. The van der Waals surface area contributed by atoms with Crippen molar-refractivity contribution in [1.29, 1.82) is 0 Å². The number of esters is 1. The van der Waals surface area contributed by atoms with Crippen LogP contribution in [0.4, 0.5) is 5.69 Å². The van der Waals surface area contributed by atoms with E-state index in [4.69, 9.17) is 10.5 Å². The Kier molecular flexibility index (Phi) is 41.7. The second-order valence-electron chi connectivity index (χ2n) is 32.4. The number of para-hydroxylation sites is 2. The van der Waals surface area contributed by atoms with Crippen LogP contribution in [-0.2, 0) is 108 Å². The molecule has 42 heteroatoms. The number of carboxylic acid groups (broad SMARTS) is 4. The number of carbonyl (C=O) groups is 20. The second kappa shape index (κ2) is 52.7. The van der Waals surface area contributed by atoms with Gasteiger partial charge in [-0.1, -0.05) is 193 Å². The van der Waals surface area contributed by atoms with Crippen LogP contribution in [0.15, 0.2) is 146 Å². The molecule has 22 N–H and O–H groups in total. The Morgan fingerprint density at radius 3 is 1.53 bits per heavy atom. The van der Waals surface area contributed by atoms with Gasteiger partial charge in [0.1, 0.15) is 78.1 Å². The van der Waals surface area contributed by atoms with E-state index in [1.165, 1.54) is 24.3 Å². The van der Waals surface area contributed by atoms with E-state index in [0.29, 0.717) is 52.4 Å². The molecule has 1 aliphatic rings. The average molecular weight is 1860 g/mol. The number of rotatable bonds is 39. The molecule has 42 nitrogen and oxygen atoms in total. The number of aromatic amines is 1. The molecule has 5 aromatic carbocycles. The highest BCUT2D eigenvalue weighted by molar-refractivity contribution is 6.05. The maximum Gasteiger partial charge on any atom is 0.329 e. The van der Waals surface area contributed by atoms with Crippen molar-refractivity contribution in [3.05, 3.63) is 174 Å². The van der Waals surface area contributed by atoms with E-state index in [2.05, 4.69) is 75.7 Å². The van der Waals surface area contributed by atoms with Crippen molar-refractivity contribution in [2.45, 2.75) is 228 Å². The zero-order valence-corrected chi connectivity index (χ0v) is 74.6. The minimum absolute atomic E-state index is 0.0409. The minimum atomic E-state index is -2.48. The summed E-state index contributed by atoms with van der Waals surface area (Å²) in [4.78, 5) is 286. The Morgan fingerprint density at radius 2 is 0.963 bits per heavy atom. The molecule has 13 unspecified atom stereocenters. The predicted molar refractivity (Wildman–Crippen MR) is 480 cm³/mol. The van der Waals surface area contributed by atoms with E-state index < -0.39 is 261 Å². The Morgan fingerprint density at radius 1 is 0.470 bits per heavy atom. The molecule has 0 spiro atoms. The monoisotopic (exact) mass is 1860 g/mol. The molecule has 1 saturated heterocycles. The van der Waals surface area contributed by atoms with Gasteiger partial charge in [-0.2, -0.15) is 0 Å². The lowest BCUT2D eigenvalue weighted by Gasteiger charge is -2.37. The van der Waals surface area contributed by atoms with Gasteiger partial charge in [0.15, 0.2) is 5.78 Å². The third kappa shape index (κ3) is 32.5. The topological polar surface area (TPSA) is 662 Å². The molecule has 7 rings (SSSR count). The van der Waals surface area contributed by atoms with Crippen LogP contribution in [0.5, 0.6) is 0 Å². The van der Waals surface area contributed by atoms with E-state index in [-0.39, 0.29) is 36.9 Å². The average Bonchev–Trinajstić information content (AvgIpc) is 0.863. The number of benzene rings is 5. The van der Waals surface area contributed by atoms with Crippen LogP contribution >= 0.6 is 0 Å².